The van der Waals surface area contributed by atoms with Crippen molar-refractivity contribution in [1.82, 2.24) is 19.9 Å². The van der Waals surface area contributed by atoms with Gasteiger partial charge in [0.2, 0.25) is 5.91 Å². The van der Waals surface area contributed by atoms with Crippen LogP contribution < -0.4 is 0 Å². The predicted molar refractivity (Wildman–Crippen MR) is 133 cm³/mol. The lowest BCUT2D eigenvalue weighted by Crippen LogP contribution is -2.38. The lowest BCUT2D eigenvalue weighted by Gasteiger charge is -2.32. The van der Waals surface area contributed by atoms with Crippen LogP contribution in [0.3, 0.4) is 0 Å². The maximum absolute atomic E-state index is 12.9. The highest BCUT2D eigenvalue weighted by Gasteiger charge is 2.27. The van der Waals surface area contributed by atoms with Crippen LogP contribution in [0.1, 0.15) is 29.3 Å². The summed E-state index contributed by atoms with van der Waals surface area (Å²) in [6.07, 6.45) is 11.0. The Morgan fingerprint density at radius 3 is 2.67 bits per heavy atom. The summed E-state index contributed by atoms with van der Waals surface area (Å²) in [5.41, 5.74) is 4.06. The van der Waals surface area contributed by atoms with Gasteiger partial charge in [-0.15, -0.1) is 11.3 Å². The Morgan fingerprint density at radius 2 is 1.88 bits per heavy atom. The highest BCUT2D eigenvalue weighted by Crippen LogP contribution is 2.34. The van der Waals surface area contributed by atoms with Gasteiger partial charge in [-0.25, -0.2) is 9.97 Å². The maximum atomic E-state index is 12.9. The van der Waals surface area contributed by atoms with E-state index >= 15 is 0 Å². The van der Waals surface area contributed by atoms with Crippen molar-refractivity contribution in [2.45, 2.75) is 18.8 Å². The molecule has 5 nitrogen and oxygen atoms in total. The molecule has 1 saturated heterocycles. The second-order valence-electron chi connectivity index (χ2n) is 8.07. The summed E-state index contributed by atoms with van der Waals surface area (Å²) in [4.78, 5) is 29.7. The molecular weight excluding hydrogens is 428 g/mol. The minimum Gasteiger partial charge on any atom is -0.338 e. The van der Waals surface area contributed by atoms with Gasteiger partial charge in [-0.2, -0.15) is 0 Å². The van der Waals surface area contributed by atoms with Gasteiger partial charge >= 0.3 is 0 Å². The topological polar surface area (TPSA) is 59.0 Å². The Balaban J connectivity index is 1.46. The van der Waals surface area contributed by atoms with Gasteiger partial charge < -0.3 is 4.90 Å². The van der Waals surface area contributed by atoms with Crippen LogP contribution in [0.2, 0.25) is 0 Å². The Kier molecular flexibility index (Phi) is 6.35. The molecule has 1 unspecified atom stereocenters. The van der Waals surface area contributed by atoms with E-state index in [2.05, 4.69) is 22.1 Å². The molecule has 6 heteroatoms. The molecule has 4 heterocycles. The van der Waals surface area contributed by atoms with E-state index < -0.39 is 0 Å². The zero-order valence-electron chi connectivity index (χ0n) is 18.2. The zero-order chi connectivity index (χ0) is 22.5. The zero-order valence-corrected chi connectivity index (χ0v) is 19.0. The van der Waals surface area contributed by atoms with Crippen molar-refractivity contribution in [3.8, 4) is 22.5 Å². The number of carbonyl (C=O) groups excluding carboxylic acids is 1. The molecule has 1 amide bonds. The molecule has 5 rings (SSSR count). The Labute approximate surface area is 197 Å². The molecule has 4 aromatic rings. The number of amides is 1. The summed E-state index contributed by atoms with van der Waals surface area (Å²) in [5, 5.41) is 2.02. The van der Waals surface area contributed by atoms with Gasteiger partial charge in [0.05, 0.1) is 5.69 Å². The van der Waals surface area contributed by atoms with Gasteiger partial charge in [0, 0.05) is 59.7 Å². The number of nitrogens with zero attached hydrogens (tertiary/aromatic N) is 4. The van der Waals surface area contributed by atoms with Crippen LogP contribution in [0.4, 0.5) is 0 Å². The van der Waals surface area contributed by atoms with Gasteiger partial charge in [0.25, 0.3) is 0 Å². The van der Waals surface area contributed by atoms with Crippen molar-refractivity contribution in [3.05, 3.63) is 95.2 Å². The van der Waals surface area contributed by atoms with Crippen LogP contribution in [0.25, 0.3) is 28.6 Å². The number of hydrogen-bond acceptors (Lipinski definition) is 5. The lowest BCUT2D eigenvalue weighted by atomic mass is 9.89. The number of aromatic nitrogens is 3. The second kappa shape index (κ2) is 9.88. The molecule has 0 spiro atoms. The first-order chi connectivity index (χ1) is 16.3. The smallest absolute Gasteiger partial charge is 0.246 e. The van der Waals surface area contributed by atoms with E-state index in [-0.39, 0.29) is 11.8 Å². The molecule has 1 fully saturated rings. The van der Waals surface area contributed by atoms with Crippen molar-refractivity contribution in [2.24, 2.45) is 0 Å². The third-order valence-electron chi connectivity index (χ3n) is 5.89. The molecule has 0 aliphatic carbocycles. The van der Waals surface area contributed by atoms with Gasteiger partial charge in [-0.3, -0.25) is 9.78 Å². The number of pyridine rings is 1. The first kappa shape index (κ1) is 21.2. The van der Waals surface area contributed by atoms with Gasteiger partial charge in [0.1, 0.15) is 0 Å². The summed E-state index contributed by atoms with van der Waals surface area (Å²) < 4.78 is 0. The molecule has 1 aliphatic rings. The summed E-state index contributed by atoms with van der Waals surface area (Å²) >= 11 is 1.63. The number of benzene rings is 1. The quantitative estimate of drug-likeness (QED) is 0.365. The number of piperidine rings is 1. The third-order valence-corrected chi connectivity index (χ3v) is 6.73. The lowest BCUT2D eigenvalue weighted by molar-refractivity contribution is -0.127. The van der Waals surface area contributed by atoms with Crippen LogP contribution in [-0.2, 0) is 4.79 Å². The van der Waals surface area contributed by atoms with E-state index in [9.17, 15) is 4.79 Å². The van der Waals surface area contributed by atoms with Crippen molar-refractivity contribution in [2.75, 3.05) is 13.1 Å². The van der Waals surface area contributed by atoms with Gasteiger partial charge in [-0.1, -0.05) is 36.4 Å². The fraction of sp³-hybridized carbons (Fsp3) is 0.185. The largest absolute Gasteiger partial charge is 0.338 e. The van der Waals surface area contributed by atoms with Gasteiger partial charge in [0.15, 0.2) is 5.82 Å². The molecule has 3 aromatic heterocycles. The average Bonchev–Trinajstić information content (AvgIpc) is 3.42. The molecule has 0 N–H and O–H groups in total. The summed E-state index contributed by atoms with van der Waals surface area (Å²) in [6.45, 7) is 1.42. The number of likely N-dealkylation sites (tertiary alicyclic amines) is 1. The van der Waals surface area contributed by atoms with Crippen molar-refractivity contribution < 1.29 is 4.79 Å². The first-order valence-electron chi connectivity index (χ1n) is 11.1. The van der Waals surface area contributed by atoms with Crippen LogP contribution in [0.15, 0.2) is 84.6 Å². The summed E-state index contributed by atoms with van der Waals surface area (Å²) in [6, 6.07) is 18.1. The van der Waals surface area contributed by atoms with Crippen molar-refractivity contribution >= 4 is 23.3 Å². The normalized spacial score (nSPS) is 16.2. The second-order valence-corrected chi connectivity index (χ2v) is 9.05. The summed E-state index contributed by atoms with van der Waals surface area (Å²) in [5.74, 6) is 0.891. The number of hydrogen-bond donors (Lipinski definition) is 0. The number of carbonyl (C=O) groups is 1. The minimum absolute atomic E-state index is 0.0535. The van der Waals surface area contributed by atoms with E-state index in [1.807, 2.05) is 65.0 Å². The Hall–Kier alpha value is -3.64. The first-order valence-corrected chi connectivity index (χ1v) is 12.0. The molecule has 0 bridgehead atoms. The molecule has 1 aromatic carbocycles. The van der Waals surface area contributed by atoms with Gasteiger partial charge in [-0.05, 0) is 48.1 Å². The maximum Gasteiger partial charge on any atom is 0.246 e. The minimum atomic E-state index is 0.0535. The standard InChI is InChI=1S/C27H24N4OS/c32-25(11-10-23-9-5-17-33-23)31-16-4-8-22(19-31)26-24(20-6-2-1-3-7-20)18-29-27(30-26)21-12-14-28-15-13-21/h1-3,5-7,9-15,17-18,22H,4,8,16,19H2/b11-10+. The van der Waals surface area contributed by atoms with Crippen LogP contribution in [-0.4, -0.2) is 38.8 Å². The molecular formula is C27H24N4OS. The van der Waals surface area contributed by atoms with E-state index in [1.54, 1.807) is 29.8 Å². The third kappa shape index (κ3) is 4.91. The molecule has 33 heavy (non-hydrogen) atoms. The Morgan fingerprint density at radius 1 is 1.03 bits per heavy atom. The van der Waals surface area contributed by atoms with E-state index in [1.165, 1.54) is 0 Å². The predicted octanol–water partition coefficient (Wildman–Crippen LogP) is 5.69. The fourth-order valence-corrected chi connectivity index (χ4v) is 4.85. The highest BCUT2D eigenvalue weighted by molar-refractivity contribution is 7.10. The van der Waals surface area contributed by atoms with Crippen LogP contribution in [0.5, 0.6) is 0 Å². The fourth-order valence-electron chi connectivity index (χ4n) is 4.23. The van der Waals surface area contributed by atoms with E-state index in [0.29, 0.717) is 12.4 Å². The monoisotopic (exact) mass is 452 g/mol. The highest BCUT2D eigenvalue weighted by atomic mass is 32.1. The van der Waals surface area contributed by atoms with Crippen molar-refractivity contribution in [3.63, 3.8) is 0 Å². The van der Waals surface area contributed by atoms with E-state index in [4.69, 9.17) is 4.98 Å². The van der Waals surface area contributed by atoms with E-state index in [0.717, 1.165) is 46.6 Å². The van der Waals surface area contributed by atoms with Crippen LogP contribution in [0, 0.1) is 0 Å². The molecule has 1 aliphatic heterocycles. The molecule has 164 valence electrons. The van der Waals surface area contributed by atoms with Crippen molar-refractivity contribution in [1.29, 1.82) is 0 Å². The molecule has 0 radical (unpaired) electrons. The van der Waals surface area contributed by atoms with Crippen LogP contribution >= 0.6 is 11.3 Å². The summed E-state index contributed by atoms with van der Waals surface area (Å²) in [7, 11) is 0. The molecule has 1 atom stereocenters. The Bertz CT molecular complexity index is 1240. The SMILES string of the molecule is O=C(/C=C/c1cccs1)N1CCCC(c2nc(-c3ccncc3)ncc2-c2ccccc2)C1. The number of thiophene rings is 1. The molecule has 0 saturated carbocycles. The average molecular weight is 453 g/mol. The number of rotatable bonds is 5.